The van der Waals surface area contributed by atoms with Crippen molar-refractivity contribution < 1.29 is 0 Å². The SMILES string of the molecule is CCC(CC1CC1)NC1Cc2ccc(Cl)cc2C1. The van der Waals surface area contributed by atoms with E-state index >= 15 is 0 Å². The minimum atomic E-state index is 0.627. The summed E-state index contributed by atoms with van der Waals surface area (Å²) in [5.74, 6) is 1.01. The first kappa shape index (κ1) is 12.5. The molecule has 0 bridgehead atoms. The molecule has 0 saturated heterocycles. The molecule has 98 valence electrons. The van der Waals surface area contributed by atoms with Crippen LogP contribution in [-0.4, -0.2) is 12.1 Å². The van der Waals surface area contributed by atoms with Crippen LogP contribution >= 0.6 is 11.6 Å². The summed E-state index contributed by atoms with van der Waals surface area (Å²) < 4.78 is 0. The van der Waals surface area contributed by atoms with Gasteiger partial charge >= 0.3 is 0 Å². The molecule has 18 heavy (non-hydrogen) atoms. The Balaban J connectivity index is 1.59. The standard InChI is InChI=1S/C16H22ClN/c1-2-15(7-11-3-4-11)18-16-9-12-5-6-14(17)8-13(12)10-16/h5-6,8,11,15-16,18H,2-4,7,9-10H2,1H3. The van der Waals surface area contributed by atoms with Gasteiger partial charge in [-0.1, -0.05) is 37.4 Å². The largest absolute Gasteiger partial charge is 0.311 e. The third-order valence-corrected chi connectivity index (χ3v) is 4.62. The summed E-state index contributed by atoms with van der Waals surface area (Å²) in [7, 11) is 0. The molecule has 1 saturated carbocycles. The summed E-state index contributed by atoms with van der Waals surface area (Å²) >= 11 is 6.06. The van der Waals surface area contributed by atoms with Gasteiger partial charge in [-0.2, -0.15) is 0 Å². The van der Waals surface area contributed by atoms with Gasteiger partial charge in [-0.05, 0) is 54.9 Å². The minimum Gasteiger partial charge on any atom is -0.311 e. The average molecular weight is 264 g/mol. The third-order valence-electron chi connectivity index (χ3n) is 4.38. The lowest BCUT2D eigenvalue weighted by Crippen LogP contribution is -2.38. The Kier molecular flexibility index (Phi) is 3.63. The van der Waals surface area contributed by atoms with Crippen LogP contribution in [0.2, 0.25) is 5.02 Å². The van der Waals surface area contributed by atoms with Crippen LogP contribution in [0.5, 0.6) is 0 Å². The molecule has 0 heterocycles. The van der Waals surface area contributed by atoms with E-state index in [-0.39, 0.29) is 0 Å². The molecule has 2 aliphatic carbocycles. The summed E-state index contributed by atoms with van der Waals surface area (Å²) in [6.45, 7) is 2.30. The van der Waals surface area contributed by atoms with Crippen molar-refractivity contribution in [1.29, 1.82) is 0 Å². The molecule has 1 N–H and O–H groups in total. The van der Waals surface area contributed by atoms with Gasteiger partial charge in [0.15, 0.2) is 0 Å². The van der Waals surface area contributed by atoms with Gasteiger partial charge < -0.3 is 5.32 Å². The number of halogens is 1. The lowest BCUT2D eigenvalue weighted by Gasteiger charge is -2.21. The lowest BCUT2D eigenvalue weighted by atomic mass is 10.1. The molecule has 1 fully saturated rings. The molecule has 2 unspecified atom stereocenters. The molecule has 0 aromatic heterocycles. The van der Waals surface area contributed by atoms with E-state index in [4.69, 9.17) is 11.6 Å². The molecule has 1 aromatic carbocycles. The van der Waals surface area contributed by atoms with E-state index in [1.807, 2.05) is 6.07 Å². The molecular formula is C16H22ClN. The summed E-state index contributed by atoms with van der Waals surface area (Å²) in [6.07, 6.45) is 7.87. The Labute approximate surface area is 115 Å². The van der Waals surface area contributed by atoms with E-state index in [2.05, 4.69) is 24.4 Å². The fourth-order valence-electron chi connectivity index (χ4n) is 3.15. The molecule has 0 radical (unpaired) electrons. The quantitative estimate of drug-likeness (QED) is 0.848. The number of nitrogens with one attached hydrogen (secondary N) is 1. The van der Waals surface area contributed by atoms with Crippen molar-refractivity contribution in [2.24, 2.45) is 5.92 Å². The van der Waals surface area contributed by atoms with Crippen molar-refractivity contribution in [3.8, 4) is 0 Å². The highest BCUT2D eigenvalue weighted by atomic mass is 35.5. The Bertz CT molecular complexity index is 425. The van der Waals surface area contributed by atoms with E-state index in [0.717, 1.165) is 17.4 Å². The smallest absolute Gasteiger partial charge is 0.0408 e. The Hall–Kier alpha value is -0.530. The first-order valence-electron chi connectivity index (χ1n) is 7.28. The zero-order chi connectivity index (χ0) is 12.5. The van der Waals surface area contributed by atoms with Gasteiger partial charge in [-0.3, -0.25) is 0 Å². The summed E-state index contributed by atoms with van der Waals surface area (Å²) in [6, 6.07) is 7.70. The highest BCUT2D eigenvalue weighted by Crippen LogP contribution is 2.34. The van der Waals surface area contributed by atoms with Crippen LogP contribution in [0, 0.1) is 5.92 Å². The monoisotopic (exact) mass is 263 g/mol. The summed E-state index contributed by atoms with van der Waals surface area (Å²) in [5.41, 5.74) is 2.93. The normalized spacial score (nSPS) is 24.0. The second-order valence-corrected chi connectivity index (χ2v) is 6.41. The maximum atomic E-state index is 6.06. The summed E-state index contributed by atoms with van der Waals surface area (Å²) in [4.78, 5) is 0. The molecule has 3 rings (SSSR count). The maximum Gasteiger partial charge on any atom is 0.0408 e. The van der Waals surface area contributed by atoms with E-state index in [1.54, 1.807) is 0 Å². The van der Waals surface area contributed by atoms with Gasteiger partial charge in [0.25, 0.3) is 0 Å². The fourth-order valence-corrected chi connectivity index (χ4v) is 3.34. The molecule has 0 aliphatic heterocycles. The van der Waals surface area contributed by atoms with Gasteiger partial charge in [0, 0.05) is 17.1 Å². The fraction of sp³-hybridized carbons (Fsp3) is 0.625. The maximum absolute atomic E-state index is 6.06. The van der Waals surface area contributed by atoms with Crippen LogP contribution in [0.3, 0.4) is 0 Å². The van der Waals surface area contributed by atoms with Crippen LogP contribution in [0.1, 0.15) is 43.7 Å². The topological polar surface area (TPSA) is 12.0 Å². The molecule has 1 nitrogen and oxygen atoms in total. The number of benzene rings is 1. The molecule has 2 heteroatoms. The zero-order valence-corrected chi connectivity index (χ0v) is 11.8. The van der Waals surface area contributed by atoms with E-state index < -0.39 is 0 Å². The number of fused-ring (bicyclic) bond motifs is 1. The lowest BCUT2D eigenvalue weighted by molar-refractivity contribution is 0.391. The van der Waals surface area contributed by atoms with Crippen molar-refractivity contribution in [3.63, 3.8) is 0 Å². The van der Waals surface area contributed by atoms with Crippen molar-refractivity contribution in [3.05, 3.63) is 34.3 Å². The predicted octanol–water partition coefficient (Wildman–Crippen LogP) is 3.98. The van der Waals surface area contributed by atoms with Crippen LogP contribution < -0.4 is 5.32 Å². The zero-order valence-electron chi connectivity index (χ0n) is 11.1. The van der Waals surface area contributed by atoms with Crippen LogP contribution in [0.15, 0.2) is 18.2 Å². The summed E-state index contributed by atoms with van der Waals surface area (Å²) in [5, 5.41) is 4.73. The van der Waals surface area contributed by atoms with Gasteiger partial charge in [0.05, 0.1) is 0 Å². The number of hydrogen-bond donors (Lipinski definition) is 1. The molecule has 0 amide bonds. The predicted molar refractivity (Wildman–Crippen MR) is 77.2 cm³/mol. The Morgan fingerprint density at radius 3 is 2.78 bits per heavy atom. The molecule has 1 aromatic rings. The second-order valence-electron chi connectivity index (χ2n) is 5.97. The van der Waals surface area contributed by atoms with Crippen molar-refractivity contribution in [2.75, 3.05) is 0 Å². The van der Waals surface area contributed by atoms with E-state index in [0.29, 0.717) is 12.1 Å². The van der Waals surface area contributed by atoms with Crippen LogP contribution in [-0.2, 0) is 12.8 Å². The van der Waals surface area contributed by atoms with Gasteiger partial charge in [-0.15, -0.1) is 0 Å². The Morgan fingerprint density at radius 1 is 1.28 bits per heavy atom. The second kappa shape index (κ2) is 5.22. The van der Waals surface area contributed by atoms with Gasteiger partial charge in [-0.25, -0.2) is 0 Å². The molecule has 2 aliphatic rings. The third kappa shape index (κ3) is 2.89. The molecule has 0 spiro atoms. The van der Waals surface area contributed by atoms with Crippen LogP contribution in [0.25, 0.3) is 0 Å². The number of rotatable bonds is 5. The minimum absolute atomic E-state index is 0.627. The van der Waals surface area contributed by atoms with Gasteiger partial charge in [0.1, 0.15) is 0 Å². The van der Waals surface area contributed by atoms with E-state index in [9.17, 15) is 0 Å². The van der Waals surface area contributed by atoms with Crippen molar-refractivity contribution in [1.82, 2.24) is 5.32 Å². The first-order chi connectivity index (χ1) is 8.74. The van der Waals surface area contributed by atoms with Crippen molar-refractivity contribution in [2.45, 2.75) is 57.5 Å². The van der Waals surface area contributed by atoms with Crippen LogP contribution in [0.4, 0.5) is 0 Å². The number of hydrogen-bond acceptors (Lipinski definition) is 1. The molecule has 2 atom stereocenters. The highest BCUT2D eigenvalue weighted by molar-refractivity contribution is 6.30. The Morgan fingerprint density at radius 2 is 2.06 bits per heavy atom. The van der Waals surface area contributed by atoms with Crippen molar-refractivity contribution >= 4 is 11.6 Å². The average Bonchev–Trinajstić information content (AvgIpc) is 3.07. The molecular weight excluding hydrogens is 242 g/mol. The highest BCUT2D eigenvalue weighted by Gasteiger charge is 2.28. The first-order valence-corrected chi connectivity index (χ1v) is 7.65. The van der Waals surface area contributed by atoms with E-state index in [1.165, 1.54) is 43.2 Å². The van der Waals surface area contributed by atoms with Gasteiger partial charge in [0.2, 0.25) is 0 Å².